The first-order valence-corrected chi connectivity index (χ1v) is 11.0. The summed E-state index contributed by atoms with van der Waals surface area (Å²) in [6.45, 7) is 11.7. The highest BCUT2D eigenvalue weighted by Gasteiger charge is 2.26. The maximum Gasteiger partial charge on any atom is 0.410 e. The van der Waals surface area contributed by atoms with Gasteiger partial charge < -0.3 is 34.7 Å². The molecule has 2 aromatic heterocycles. The fraction of sp³-hybridized carbons (Fsp3) is 0.571. The molecule has 4 rings (SSSR count). The van der Waals surface area contributed by atoms with Gasteiger partial charge in [-0.1, -0.05) is 0 Å². The third-order valence-corrected chi connectivity index (χ3v) is 5.02. The maximum absolute atomic E-state index is 11.9. The first-order chi connectivity index (χ1) is 15.7. The highest BCUT2D eigenvalue weighted by Crippen LogP contribution is 2.14. The van der Waals surface area contributed by atoms with E-state index in [9.17, 15) is 14.4 Å². The van der Waals surface area contributed by atoms with Crippen LogP contribution in [0.4, 0.5) is 16.4 Å². The molecular formula is C21H32N8O4. The molecule has 0 spiro atoms. The molecule has 0 radical (unpaired) electrons. The highest BCUT2D eigenvalue weighted by atomic mass is 16.6. The van der Waals surface area contributed by atoms with Crippen molar-refractivity contribution >= 4 is 17.7 Å². The molecule has 0 aliphatic carbocycles. The van der Waals surface area contributed by atoms with Gasteiger partial charge in [-0.05, 0) is 20.8 Å². The third kappa shape index (κ3) is 7.59. The van der Waals surface area contributed by atoms with Crippen LogP contribution >= 0.6 is 0 Å². The molecule has 4 heterocycles. The summed E-state index contributed by atoms with van der Waals surface area (Å²) >= 11 is 0. The van der Waals surface area contributed by atoms with E-state index in [0.717, 1.165) is 32.0 Å². The van der Waals surface area contributed by atoms with Gasteiger partial charge >= 0.3 is 6.09 Å². The second-order valence-electron chi connectivity index (χ2n) is 8.73. The number of rotatable bonds is 2. The largest absolute Gasteiger partial charge is 0.444 e. The van der Waals surface area contributed by atoms with E-state index in [1.165, 1.54) is 24.8 Å². The van der Waals surface area contributed by atoms with E-state index in [-0.39, 0.29) is 17.2 Å². The van der Waals surface area contributed by atoms with Crippen molar-refractivity contribution in [2.75, 3.05) is 62.2 Å². The van der Waals surface area contributed by atoms with Gasteiger partial charge in [0, 0.05) is 64.5 Å². The molecule has 0 bridgehead atoms. The number of hydrogen-bond donors (Lipinski definition) is 3. The molecule has 0 atom stereocenters. The van der Waals surface area contributed by atoms with Gasteiger partial charge in [0.05, 0.1) is 12.7 Å². The highest BCUT2D eigenvalue weighted by molar-refractivity contribution is 5.68. The van der Waals surface area contributed by atoms with Crippen molar-refractivity contribution in [2.45, 2.75) is 26.4 Å². The molecule has 0 saturated carbocycles. The van der Waals surface area contributed by atoms with Crippen LogP contribution in [0, 0.1) is 0 Å². The van der Waals surface area contributed by atoms with Gasteiger partial charge in [0.2, 0.25) is 0 Å². The van der Waals surface area contributed by atoms with Gasteiger partial charge in [-0.25, -0.2) is 14.8 Å². The number of carbonyl (C=O) groups is 1. The zero-order valence-electron chi connectivity index (χ0n) is 19.3. The van der Waals surface area contributed by atoms with Crippen molar-refractivity contribution in [1.29, 1.82) is 0 Å². The molecule has 2 aliphatic heterocycles. The average Bonchev–Trinajstić information content (AvgIpc) is 2.79. The van der Waals surface area contributed by atoms with Crippen LogP contribution in [0.5, 0.6) is 0 Å². The number of amides is 1. The molecule has 180 valence electrons. The lowest BCUT2D eigenvalue weighted by Crippen LogP contribution is -2.50. The van der Waals surface area contributed by atoms with Crippen LogP contribution < -0.4 is 26.2 Å². The van der Waals surface area contributed by atoms with Gasteiger partial charge in [0.15, 0.2) is 0 Å². The Hall–Kier alpha value is -3.41. The fourth-order valence-corrected chi connectivity index (χ4v) is 3.40. The molecule has 0 aromatic carbocycles. The first-order valence-electron chi connectivity index (χ1n) is 11.0. The Morgan fingerprint density at radius 1 is 0.848 bits per heavy atom. The maximum atomic E-state index is 11.9. The second kappa shape index (κ2) is 10.9. The summed E-state index contributed by atoms with van der Waals surface area (Å²) in [7, 11) is 0. The van der Waals surface area contributed by atoms with E-state index in [0.29, 0.717) is 32.0 Å². The molecule has 33 heavy (non-hydrogen) atoms. The Labute approximate surface area is 192 Å². The minimum Gasteiger partial charge on any atom is -0.444 e. The molecule has 12 heteroatoms. The van der Waals surface area contributed by atoms with Gasteiger partial charge in [-0.15, -0.1) is 0 Å². The molecule has 2 fully saturated rings. The number of nitrogens with zero attached hydrogens (tertiary/aromatic N) is 5. The lowest BCUT2D eigenvalue weighted by molar-refractivity contribution is 0.0240. The van der Waals surface area contributed by atoms with E-state index < -0.39 is 5.60 Å². The molecule has 12 nitrogen and oxygen atoms in total. The normalized spacial score (nSPS) is 16.6. The summed E-state index contributed by atoms with van der Waals surface area (Å²) < 4.78 is 5.34. The predicted octanol–water partition coefficient (Wildman–Crippen LogP) is 0.00650. The number of anilines is 2. The number of aromatic amines is 2. The summed E-state index contributed by atoms with van der Waals surface area (Å²) in [4.78, 5) is 53.2. The monoisotopic (exact) mass is 460 g/mol. The minimum absolute atomic E-state index is 0.0940. The topological polar surface area (TPSA) is 140 Å². The zero-order valence-corrected chi connectivity index (χ0v) is 19.3. The van der Waals surface area contributed by atoms with Crippen molar-refractivity contribution in [3.8, 4) is 0 Å². The summed E-state index contributed by atoms with van der Waals surface area (Å²) in [6.07, 6.45) is 2.54. The predicted molar refractivity (Wildman–Crippen MR) is 125 cm³/mol. The van der Waals surface area contributed by atoms with Crippen molar-refractivity contribution in [3.63, 3.8) is 0 Å². The summed E-state index contributed by atoms with van der Waals surface area (Å²) in [5.41, 5.74) is -0.754. The van der Waals surface area contributed by atoms with Crippen LogP contribution in [0.3, 0.4) is 0 Å². The second-order valence-corrected chi connectivity index (χ2v) is 8.73. The number of aromatic nitrogens is 4. The minimum atomic E-state index is -0.484. The smallest absolute Gasteiger partial charge is 0.410 e. The molecule has 2 aromatic rings. The lowest BCUT2D eigenvalue weighted by atomic mass is 10.2. The van der Waals surface area contributed by atoms with Gasteiger partial charge in [-0.2, -0.15) is 0 Å². The van der Waals surface area contributed by atoms with E-state index in [1.54, 1.807) is 4.90 Å². The Morgan fingerprint density at radius 2 is 1.33 bits per heavy atom. The standard InChI is InChI=1S/C13H20N4O3.C8H12N4O/c1-13(2,3)20-12(19)17-6-4-16(5-7-17)10-8-11(18)15-9-14-10;13-8-5-7(10-6-11-8)12-3-1-9-2-4-12/h8-9H,4-7H2,1-3H3,(H,14,15,18);5-6,9H,1-4H2,(H,10,11,13). The Bertz CT molecular complexity index is 1020. The first kappa shape index (κ1) is 24.2. The number of carbonyl (C=O) groups excluding carboxylic acids is 1. The van der Waals surface area contributed by atoms with E-state index in [1.807, 2.05) is 25.7 Å². The van der Waals surface area contributed by atoms with Crippen molar-refractivity contribution in [3.05, 3.63) is 45.5 Å². The molecule has 1 amide bonds. The van der Waals surface area contributed by atoms with Gasteiger partial charge in [0.25, 0.3) is 11.1 Å². The van der Waals surface area contributed by atoms with Crippen LogP contribution in [0.1, 0.15) is 20.8 Å². The summed E-state index contributed by atoms with van der Waals surface area (Å²) in [5.74, 6) is 1.41. The van der Waals surface area contributed by atoms with E-state index in [2.05, 4.69) is 30.2 Å². The molecule has 2 saturated heterocycles. The van der Waals surface area contributed by atoms with E-state index >= 15 is 0 Å². The zero-order chi connectivity index (χ0) is 23.8. The molecular weight excluding hydrogens is 428 g/mol. The van der Waals surface area contributed by atoms with Crippen LogP contribution in [-0.2, 0) is 4.74 Å². The van der Waals surface area contributed by atoms with Gasteiger partial charge in [0.1, 0.15) is 17.2 Å². The molecule has 2 aliphatic rings. The summed E-state index contributed by atoms with van der Waals surface area (Å²) in [6, 6.07) is 2.99. The number of piperazine rings is 2. The van der Waals surface area contributed by atoms with Crippen molar-refractivity contribution in [2.24, 2.45) is 0 Å². The van der Waals surface area contributed by atoms with Crippen LogP contribution in [0.2, 0.25) is 0 Å². The molecule has 3 N–H and O–H groups in total. The van der Waals surface area contributed by atoms with Crippen molar-refractivity contribution in [1.82, 2.24) is 30.2 Å². The number of H-pyrrole nitrogens is 2. The van der Waals surface area contributed by atoms with Crippen LogP contribution in [0.25, 0.3) is 0 Å². The average molecular weight is 461 g/mol. The lowest BCUT2D eigenvalue weighted by Gasteiger charge is -2.36. The van der Waals surface area contributed by atoms with Crippen LogP contribution in [0.15, 0.2) is 34.4 Å². The Morgan fingerprint density at radius 3 is 1.79 bits per heavy atom. The Kier molecular flexibility index (Phi) is 8.04. The fourth-order valence-electron chi connectivity index (χ4n) is 3.40. The van der Waals surface area contributed by atoms with E-state index in [4.69, 9.17) is 4.74 Å². The number of hydrogen-bond acceptors (Lipinski definition) is 9. The van der Waals surface area contributed by atoms with Crippen molar-refractivity contribution < 1.29 is 9.53 Å². The molecule has 0 unspecified atom stereocenters. The SMILES string of the molecule is CC(C)(C)OC(=O)N1CCN(c2cc(=O)[nH]cn2)CC1.O=c1cc(N2CCNCC2)nc[nH]1. The number of nitrogens with one attached hydrogen (secondary N) is 3. The Balaban J connectivity index is 0.000000203. The third-order valence-electron chi connectivity index (χ3n) is 5.02. The number of ether oxygens (including phenoxy) is 1. The quantitative estimate of drug-likeness (QED) is 0.565. The summed E-state index contributed by atoms with van der Waals surface area (Å²) in [5, 5.41) is 3.24. The van der Waals surface area contributed by atoms with Crippen LogP contribution in [-0.4, -0.2) is 88.9 Å². The van der Waals surface area contributed by atoms with Gasteiger partial charge in [-0.3, -0.25) is 9.59 Å².